The highest BCUT2D eigenvalue weighted by Crippen LogP contribution is 2.27. The number of urea groups is 2. The summed E-state index contributed by atoms with van der Waals surface area (Å²) < 4.78 is 0. The summed E-state index contributed by atoms with van der Waals surface area (Å²) in [6.07, 6.45) is -1.41. The lowest BCUT2D eigenvalue weighted by Gasteiger charge is -2.36. The van der Waals surface area contributed by atoms with Crippen molar-refractivity contribution in [3.8, 4) is 5.75 Å². The molecule has 0 aliphatic rings. The molecule has 0 fully saturated rings. The van der Waals surface area contributed by atoms with E-state index in [-0.39, 0.29) is 30.7 Å². The van der Waals surface area contributed by atoms with Crippen LogP contribution in [0.3, 0.4) is 0 Å². The number of benzene rings is 2. The number of rotatable bonds is 15. The Hall–Kier alpha value is -4.20. The second-order valence-corrected chi connectivity index (χ2v) is 12.6. The molecule has 13 heteroatoms. The number of amides is 5. The molecule has 5 atom stereocenters. The van der Waals surface area contributed by atoms with E-state index in [1.54, 1.807) is 92.3 Å². The maximum Gasteiger partial charge on any atom is 0.317 e. The smallest absolute Gasteiger partial charge is 0.317 e. The van der Waals surface area contributed by atoms with E-state index in [1.165, 1.54) is 26.9 Å². The highest BCUT2D eigenvalue weighted by Gasteiger charge is 2.40. The van der Waals surface area contributed by atoms with Crippen molar-refractivity contribution in [3.63, 3.8) is 0 Å². The number of phenolic OH excluding ortho intramolecular Hbond substituents is 1. The number of Topliss-reactive ketones (excluding diaryl/α,β-unsaturated/α-hetero) is 1. The number of aliphatic hydroxyl groups excluding tert-OH is 1. The lowest BCUT2D eigenvalue weighted by atomic mass is 9.80. The van der Waals surface area contributed by atoms with Crippen LogP contribution in [0.2, 0.25) is 0 Å². The summed E-state index contributed by atoms with van der Waals surface area (Å²) in [7, 11) is 6.26. The molecule has 254 valence electrons. The maximum absolute atomic E-state index is 14.2. The molecule has 0 spiro atoms. The first-order valence-corrected chi connectivity index (χ1v) is 15.3. The number of hydrogen-bond donors (Lipinski definition) is 6. The van der Waals surface area contributed by atoms with Gasteiger partial charge in [-0.1, -0.05) is 70.2 Å². The summed E-state index contributed by atoms with van der Waals surface area (Å²) in [4.78, 5) is 55.5. The molecule has 7 N–H and O–H groups in total. The molecule has 2 aromatic carbocycles. The summed E-state index contributed by atoms with van der Waals surface area (Å²) >= 11 is 0. The maximum atomic E-state index is 14.2. The number of carbonyl (C=O) groups is 4. The summed E-state index contributed by atoms with van der Waals surface area (Å²) in [6, 6.07) is 11.5. The number of aromatic hydroxyl groups is 1. The molecule has 0 aromatic heterocycles. The number of nitrogens with zero attached hydrogens (tertiary/aromatic N) is 3. The highest BCUT2D eigenvalue weighted by atomic mass is 16.3. The van der Waals surface area contributed by atoms with Gasteiger partial charge in [0.2, 0.25) is 0 Å². The van der Waals surface area contributed by atoms with Gasteiger partial charge in [-0.2, -0.15) is 0 Å². The molecule has 0 bridgehead atoms. The molecule has 5 amide bonds. The van der Waals surface area contributed by atoms with Crippen molar-refractivity contribution in [2.75, 3.05) is 34.7 Å². The zero-order valence-corrected chi connectivity index (χ0v) is 28.1. The zero-order chi connectivity index (χ0) is 34.7. The fourth-order valence-electron chi connectivity index (χ4n) is 4.86. The predicted molar refractivity (Wildman–Crippen MR) is 176 cm³/mol. The topological polar surface area (TPSA) is 181 Å². The largest absolute Gasteiger partial charge is 0.508 e. The zero-order valence-electron chi connectivity index (χ0n) is 28.1. The molecular weight excluding hydrogens is 590 g/mol. The molecule has 0 saturated heterocycles. The third-order valence-corrected chi connectivity index (χ3v) is 7.59. The Morgan fingerprint density at radius 3 is 1.76 bits per heavy atom. The SMILES string of the molecule is CC(C)[C@H](NC(=O)N(C)C)C(=O)NN(Cc1ccc(O)cc1)C[C@H](O)C(C(=O)[C@@H](NC(=O)N(C)C)C(C)C)C(N)c1ccccc1. The van der Waals surface area contributed by atoms with E-state index in [0.717, 1.165) is 0 Å². The van der Waals surface area contributed by atoms with E-state index in [9.17, 15) is 29.4 Å². The van der Waals surface area contributed by atoms with Gasteiger partial charge in [-0.15, -0.1) is 0 Å². The van der Waals surface area contributed by atoms with Crippen molar-refractivity contribution in [1.82, 2.24) is 30.9 Å². The Morgan fingerprint density at radius 2 is 1.28 bits per heavy atom. The number of hydrogen-bond acceptors (Lipinski definition) is 8. The van der Waals surface area contributed by atoms with Crippen LogP contribution in [0.15, 0.2) is 54.6 Å². The van der Waals surface area contributed by atoms with Crippen LogP contribution in [0.4, 0.5) is 9.59 Å². The standard InChI is InChI=1S/C33H51N7O6/c1-20(2)28(35-32(45)38(5)6)30(43)26(27(34)23-12-10-9-11-13-23)25(42)19-40(18-22-14-16-24(41)17-15-22)37-31(44)29(21(3)4)36-33(46)39(7)8/h9-17,20-21,25-29,41-42H,18-19,34H2,1-8H3,(H,35,45)(H,36,46)(H,37,44)/t25-,26?,27?,28-,29-/m0/s1. The number of aliphatic hydroxyl groups is 1. The number of hydrazine groups is 1. The first-order chi connectivity index (χ1) is 21.5. The van der Waals surface area contributed by atoms with Crippen LogP contribution < -0.4 is 21.8 Å². The molecule has 0 aliphatic carbocycles. The fourth-order valence-corrected chi connectivity index (χ4v) is 4.86. The van der Waals surface area contributed by atoms with Gasteiger partial charge in [0.15, 0.2) is 5.78 Å². The Kier molecular flexibility index (Phi) is 14.4. The van der Waals surface area contributed by atoms with Gasteiger partial charge in [-0.3, -0.25) is 15.0 Å². The number of nitrogens with two attached hydrogens (primary N) is 1. The van der Waals surface area contributed by atoms with Crippen LogP contribution in [0, 0.1) is 17.8 Å². The van der Waals surface area contributed by atoms with Gasteiger partial charge < -0.3 is 36.4 Å². The number of phenols is 1. The third kappa shape index (κ3) is 11.0. The van der Waals surface area contributed by atoms with Crippen molar-refractivity contribution in [3.05, 3.63) is 65.7 Å². The van der Waals surface area contributed by atoms with Crippen LogP contribution in [0.1, 0.15) is 44.9 Å². The Morgan fingerprint density at radius 1 is 0.783 bits per heavy atom. The van der Waals surface area contributed by atoms with Crippen molar-refractivity contribution in [2.24, 2.45) is 23.5 Å². The normalized spacial score (nSPS) is 14.6. The number of nitrogens with one attached hydrogen (secondary N) is 3. The average molecular weight is 642 g/mol. The van der Waals surface area contributed by atoms with E-state index in [2.05, 4.69) is 16.1 Å². The van der Waals surface area contributed by atoms with Crippen LogP contribution in [0.25, 0.3) is 0 Å². The van der Waals surface area contributed by atoms with Crippen LogP contribution in [-0.2, 0) is 16.1 Å². The summed E-state index contributed by atoms with van der Waals surface area (Å²) in [5, 5.41) is 28.5. The lowest BCUT2D eigenvalue weighted by molar-refractivity contribution is -0.133. The highest BCUT2D eigenvalue weighted by molar-refractivity contribution is 5.91. The second-order valence-electron chi connectivity index (χ2n) is 12.6. The molecule has 2 rings (SSSR count). The molecule has 0 radical (unpaired) electrons. The van der Waals surface area contributed by atoms with Gasteiger partial charge in [-0.25, -0.2) is 14.6 Å². The minimum absolute atomic E-state index is 0.0598. The summed E-state index contributed by atoms with van der Waals surface area (Å²) in [5.41, 5.74) is 10.8. The van der Waals surface area contributed by atoms with Crippen LogP contribution >= 0.6 is 0 Å². The average Bonchev–Trinajstić information content (AvgIpc) is 2.99. The van der Waals surface area contributed by atoms with E-state index < -0.39 is 53.9 Å². The molecule has 0 saturated carbocycles. The molecule has 2 aromatic rings. The minimum atomic E-state index is -1.41. The lowest BCUT2D eigenvalue weighted by Crippen LogP contribution is -2.58. The van der Waals surface area contributed by atoms with Gasteiger partial charge in [0.05, 0.1) is 18.1 Å². The number of carbonyl (C=O) groups excluding carboxylic acids is 4. The third-order valence-electron chi connectivity index (χ3n) is 7.59. The minimum Gasteiger partial charge on any atom is -0.508 e. The first-order valence-electron chi connectivity index (χ1n) is 15.3. The van der Waals surface area contributed by atoms with E-state index >= 15 is 0 Å². The Labute approximate surface area is 272 Å². The van der Waals surface area contributed by atoms with Gasteiger partial charge in [0.25, 0.3) is 5.91 Å². The van der Waals surface area contributed by atoms with Crippen molar-refractivity contribution < 1.29 is 29.4 Å². The quantitative estimate of drug-likeness (QED) is 0.160. The Bertz CT molecular complexity index is 1290. The molecule has 0 heterocycles. The fraction of sp³-hybridized carbons (Fsp3) is 0.515. The molecule has 2 unspecified atom stereocenters. The molecule has 46 heavy (non-hydrogen) atoms. The van der Waals surface area contributed by atoms with E-state index in [0.29, 0.717) is 11.1 Å². The van der Waals surface area contributed by atoms with Gasteiger partial charge in [-0.05, 0) is 35.1 Å². The van der Waals surface area contributed by atoms with Crippen LogP contribution in [-0.4, -0.2) is 102 Å². The second kappa shape index (κ2) is 17.5. The van der Waals surface area contributed by atoms with Gasteiger partial charge in [0, 0.05) is 47.3 Å². The van der Waals surface area contributed by atoms with Crippen LogP contribution in [0.5, 0.6) is 5.75 Å². The Balaban J connectivity index is 2.51. The molecule has 13 nitrogen and oxygen atoms in total. The molecule has 0 aliphatic heterocycles. The van der Waals surface area contributed by atoms with Crippen molar-refractivity contribution >= 4 is 23.8 Å². The van der Waals surface area contributed by atoms with Crippen molar-refractivity contribution in [2.45, 2.75) is 58.5 Å². The van der Waals surface area contributed by atoms with Gasteiger partial charge >= 0.3 is 12.1 Å². The monoisotopic (exact) mass is 641 g/mol. The van der Waals surface area contributed by atoms with E-state index in [1.807, 2.05) is 6.07 Å². The summed E-state index contributed by atoms with van der Waals surface area (Å²) in [5.74, 6) is -2.71. The van der Waals surface area contributed by atoms with Crippen molar-refractivity contribution in [1.29, 1.82) is 0 Å². The van der Waals surface area contributed by atoms with Gasteiger partial charge in [0.1, 0.15) is 11.8 Å². The van der Waals surface area contributed by atoms with E-state index in [4.69, 9.17) is 5.73 Å². The molecular formula is C33H51N7O6. The first kappa shape index (κ1) is 38.0. The summed E-state index contributed by atoms with van der Waals surface area (Å²) in [6.45, 7) is 7.02. The predicted octanol–water partition coefficient (Wildman–Crippen LogP) is 2.06. The number of ketones is 1.